The van der Waals surface area contributed by atoms with Gasteiger partial charge in [-0.3, -0.25) is 5.32 Å². The Morgan fingerprint density at radius 3 is 2.56 bits per heavy atom. The molecule has 1 atom stereocenters. The molecule has 0 aliphatic heterocycles. The Hall–Kier alpha value is -2.33. The first kappa shape index (κ1) is 19.0. The molecule has 0 saturated heterocycles. The predicted octanol–water partition coefficient (Wildman–Crippen LogP) is 2.97. The number of nitrogens with zero attached hydrogens (tertiary/aromatic N) is 2. The molecule has 1 unspecified atom stereocenters. The number of benzene rings is 2. The highest BCUT2D eigenvalue weighted by molar-refractivity contribution is 8.13. The van der Waals surface area contributed by atoms with E-state index in [-0.39, 0.29) is 0 Å². The highest BCUT2D eigenvalue weighted by Crippen LogP contribution is 2.15. The summed E-state index contributed by atoms with van der Waals surface area (Å²) in [7, 11) is 0. The average molecular weight is 354 g/mol. The molecule has 3 N–H and O–H groups in total. The van der Waals surface area contributed by atoms with Crippen molar-refractivity contribution >= 4 is 22.6 Å². The lowest BCUT2D eigenvalue weighted by atomic mass is 10.1. The Balaban J connectivity index is 1.77. The van der Waals surface area contributed by atoms with Gasteiger partial charge < -0.3 is 10.4 Å². The van der Waals surface area contributed by atoms with Gasteiger partial charge in [0.05, 0.1) is 11.8 Å². The normalized spacial score (nSPS) is 12.4. The van der Waals surface area contributed by atoms with Gasteiger partial charge in [0.2, 0.25) is 0 Å². The highest BCUT2D eigenvalue weighted by Gasteiger charge is 2.05. The molecule has 0 radical (unpaired) electrons. The third-order valence-electron chi connectivity index (χ3n) is 3.64. The molecule has 0 saturated carbocycles. The average Bonchev–Trinajstić information content (AvgIpc) is 2.66. The third-order valence-corrected chi connectivity index (χ3v) is 4.22. The summed E-state index contributed by atoms with van der Waals surface area (Å²) in [6.07, 6.45) is 4.13. The quantitative estimate of drug-likeness (QED) is 0.234. The zero-order valence-corrected chi connectivity index (χ0v) is 15.0. The van der Waals surface area contributed by atoms with E-state index < -0.39 is 6.10 Å². The van der Waals surface area contributed by atoms with Gasteiger partial charge in [0.15, 0.2) is 11.4 Å². The topological polar surface area (TPSA) is 80.4 Å². The maximum absolute atomic E-state index is 10.1. The summed E-state index contributed by atoms with van der Waals surface area (Å²) in [5, 5.41) is 25.1. The molecule has 2 aromatic rings. The van der Waals surface area contributed by atoms with Crippen molar-refractivity contribution in [2.24, 2.45) is 4.99 Å². The fraction of sp³-hybridized carbons (Fsp3) is 0.263. The fourth-order valence-electron chi connectivity index (χ4n) is 2.29. The molecule has 2 aromatic carbocycles. The van der Waals surface area contributed by atoms with E-state index in [0.29, 0.717) is 11.7 Å². The van der Waals surface area contributed by atoms with Gasteiger partial charge in [-0.25, -0.2) is 4.99 Å². The molecule has 0 aromatic heterocycles. The molecule has 6 heteroatoms. The van der Waals surface area contributed by atoms with Gasteiger partial charge in [-0.15, -0.1) is 0 Å². The molecular weight excluding hydrogens is 332 g/mol. The molecule has 5 nitrogen and oxygen atoms in total. The van der Waals surface area contributed by atoms with E-state index in [1.807, 2.05) is 67.0 Å². The summed E-state index contributed by atoms with van der Waals surface area (Å²) >= 11 is 1.39. The number of aliphatic hydroxyl groups is 1. The first-order chi connectivity index (χ1) is 12.2. The number of nitriles is 1. The summed E-state index contributed by atoms with van der Waals surface area (Å²) in [4.78, 5) is 4.36. The van der Waals surface area contributed by atoms with E-state index >= 15 is 0 Å². The van der Waals surface area contributed by atoms with Crippen LogP contribution in [0, 0.1) is 11.5 Å². The van der Waals surface area contributed by atoms with Crippen LogP contribution < -0.4 is 10.6 Å². The van der Waals surface area contributed by atoms with Gasteiger partial charge >= 0.3 is 0 Å². The Morgan fingerprint density at radius 2 is 1.92 bits per heavy atom. The van der Waals surface area contributed by atoms with Crippen LogP contribution in [0.4, 0.5) is 5.69 Å². The smallest absolute Gasteiger partial charge is 0.183 e. The van der Waals surface area contributed by atoms with E-state index in [9.17, 15) is 5.11 Å². The van der Waals surface area contributed by atoms with Crippen molar-refractivity contribution < 1.29 is 5.11 Å². The molecule has 0 bridgehead atoms. The number of amidine groups is 1. The summed E-state index contributed by atoms with van der Waals surface area (Å²) in [5.74, 6) is 0. The van der Waals surface area contributed by atoms with Crippen molar-refractivity contribution in [2.45, 2.75) is 12.5 Å². The maximum Gasteiger partial charge on any atom is 0.183 e. The minimum Gasteiger partial charge on any atom is -0.387 e. The molecular formula is C19H22N4OS. The predicted molar refractivity (Wildman–Crippen MR) is 104 cm³/mol. The zero-order valence-electron chi connectivity index (χ0n) is 14.1. The van der Waals surface area contributed by atoms with Crippen LogP contribution in [0.3, 0.4) is 0 Å². The van der Waals surface area contributed by atoms with E-state index in [1.165, 1.54) is 17.3 Å². The van der Waals surface area contributed by atoms with E-state index in [4.69, 9.17) is 5.26 Å². The van der Waals surface area contributed by atoms with Crippen molar-refractivity contribution in [3.8, 4) is 6.19 Å². The second kappa shape index (κ2) is 10.5. The SMILES string of the molecule is CSC(=Nc1ccc(CCNCC(O)c2ccccc2)cc1)NC#N. The number of hydrogen-bond acceptors (Lipinski definition) is 5. The Labute approximate surface area is 152 Å². The van der Waals surface area contributed by atoms with Crippen LogP contribution in [0.25, 0.3) is 0 Å². The Bertz CT molecular complexity index is 710. The van der Waals surface area contributed by atoms with Crippen LogP contribution in [0.1, 0.15) is 17.2 Å². The Morgan fingerprint density at radius 1 is 1.20 bits per heavy atom. The molecule has 0 aliphatic carbocycles. The summed E-state index contributed by atoms with van der Waals surface area (Å²) < 4.78 is 0. The largest absolute Gasteiger partial charge is 0.387 e. The molecule has 2 rings (SSSR count). The molecule has 130 valence electrons. The van der Waals surface area contributed by atoms with Crippen LogP contribution in [-0.4, -0.2) is 29.6 Å². The minimum absolute atomic E-state index is 0.490. The van der Waals surface area contributed by atoms with E-state index in [0.717, 1.165) is 24.2 Å². The lowest BCUT2D eigenvalue weighted by Crippen LogP contribution is -2.23. The van der Waals surface area contributed by atoms with Crippen molar-refractivity contribution in [3.05, 3.63) is 65.7 Å². The molecule has 0 heterocycles. The van der Waals surface area contributed by atoms with Gasteiger partial charge in [0.25, 0.3) is 0 Å². The summed E-state index contributed by atoms with van der Waals surface area (Å²) in [5.41, 5.74) is 2.93. The van der Waals surface area contributed by atoms with Gasteiger partial charge in [0, 0.05) is 6.54 Å². The number of rotatable bonds is 7. The lowest BCUT2D eigenvalue weighted by Gasteiger charge is -2.12. The van der Waals surface area contributed by atoms with E-state index in [1.54, 1.807) is 0 Å². The highest BCUT2D eigenvalue weighted by atomic mass is 32.2. The number of aliphatic hydroxyl groups excluding tert-OH is 1. The summed E-state index contributed by atoms with van der Waals surface area (Å²) in [6.45, 7) is 1.32. The first-order valence-corrected chi connectivity index (χ1v) is 9.26. The first-order valence-electron chi connectivity index (χ1n) is 8.03. The zero-order chi connectivity index (χ0) is 17.9. The fourth-order valence-corrected chi connectivity index (χ4v) is 2.64. The van der Waals surface area contributed by atoms with E-state index in [2.05, 4.69) is 15.6 Å². The second-order valence-electron chi connectivity index (χ2n) is 5.40. The van der Waals surface area contributed by atoms with Crippen molar-refractivity contribution in [3.63, 3.8) is 0 Å². The van der Waals surface area contributed by atoms with Crippen molar-refractivity contribution in [1.29, 1.82) is 5.26 Å². The molecule has 0 amide bonds. The summed E-state index contributed by atoms with van der Waals surface area (Å²) in [6, 6.07) is 17.6. The third kappa shape index (κ3) is 6.59. The molecule has 25 heavy (non-hydrogen) atoms. The number of thioether (sulfide) groups is 1. The molecule has 0 spiro atoms. The number of aliphatic imine (C=N–C) groups is 1. The van der Waals surface area contributed by atoms with Crippen molar-refractivity contribution in [1.82, 2.24) is 10.6 Å². The van der Waals surface area contributed by atoms with Gasteiger partial charge in [-0.1, -0.05) is 54.2 Å². The Kier molecular flexibility index (Phi) is 7.99. The number of nitrogens with one attached hydrogen (secondary N) is 2. The van der Waals surface area contributed by atoms with Crippen LogP contribution >= 0.6 is 11.8 Å². The van der Waals surface area contributed by atoms with Crippen LogP contribution in [-0.2, 0) is 6.42 Å². The van der Waals surface area contributed by atoms with Gasteiger partial charge in [-0.05, 0) is 42.5 Å². The van der Waals surface area contributed by atoms with Crippen LogP contribution in [0.2, 0.25) is 0 Å². The molecule has 0 fully saturated rings. The standard InChI is InChI=1S/C19H22N4OS/c1-25-19(22-14-20)23-17-9-7-15(8-10-17)11-12-21-13-18(24)16-5-3-2-4-6-16/h2-10,18,21,24H,11-13H2,1H3,(H,22,23). The van der Waals surface area contributed by atoms with Crippen molar-refractivity contribution in [2.75, 3.05) is 19.3 Å². The maximum atomic E-state index is 10.1. The van der Waals surface area contributed by atoms with Crippen LogP contribution in [0.15, 0.2) is 59.6 Å². The molecule has 0 aliphatic rings. The number of hydrogen-bond donors (Lipinski definition) is 3. The minimum atomic E-state index is -0.490. The second-order valence-corrected chi connectivity index (χ2v) is 6.20. The van der Waals surface area contributed by atoms with Gasteiger partial charge in [0.1, 0.15) is 0 Å². The lowest BCUT2D eigenvalue weighted by molar-refractivity contribution is 0.175. The van der Waals surface area contributed by atoms with Crippen LogP contribution in [0.5, 0.6) is 0 Å². The van der Waals surface area contributed by atoms with Gasteiger partial charge in [-0.2, -0.15) is 5.26 Å². The monoisotopic (exact) mass is 354 g/mol.